The molecule has 1 saturated heterocycles. The highest BCUT2D eigenvalue weighted by Crippen LogP contribution is 2.17. The first-order valence-electron chi connectivity index (χ1n) is 7.31. The molecule has 0 radical (unpaired) electrons. The highest BCUT2D eigenvalue weighted by atomic mass is 35.5. The number of hydrogen-bond donors (Lipinski definition) is 1. The number of rotatable bonds is 4. The van der Waals surface area contributed by atoms with Crippen LogP contribution in [0, 0.1) is 12.7 Å². The first-order chi connectivity index (χ1) is 10.0. The van der Waals surface area contributed by atoms with E-state index >= 15 is 0 Å². The van der Waals surface area contributed by atoms with Crippen molar-refractivity contribution >= 4 is 30.8 Å². The van der Waals surface area contributed by atoms with E-state index in [-0.39, 0.29) is 36.6 Å². The molecule has 2 atom stereocenters. The highest BCUT2D eigenvalue weighted by molar-refractivity contribution is 5.85. The van der Waals surface area contributed by atoms with Crippen molar-refractivity contribution in [2.24, 2.45) is 0 Å². The van der Waals surface area contributed by atoms with Crippen molar-refractivity contribution in [2.45, 2.75) is 32.4 Å². The number of nitrogens with zero attached hydrogens (tertiary/aromatic N) is 1. The molecule has 1 aromatic carbocycles. The highest BCUT2D eigenvalue weighted by Gasteiger charge is 2.30. The van der Waals surface area contributed by atoms with Crippen molar-refractivity contribution in [1.82, 2.24) is 10.2 Å². The number of carbonyl (C=O) groups is 1. The molecule has 0 bridgehead atoms. The Morgan fingerprint density at radius 1 is 1.48 bits per heavy atom. The minimum Gasteiger partial charge on any atom is -0.468 e. The van der Waals surface area contributed by atoms with E-state index in [0.717, 1.165) is 25.2 Å². The van der Waals surface area contributed by atoms with E-state index in [1.165, 1.54) is 13.2 Å². The van der Waals surface area contributed by atoms with Gasteiger partial charge in [-0.3, -0.25) is 9.69 Å². The summed E-state index contributed by atoms with van der Waals surface area (Å²) in [6.45, 7) is 6.27. The van der Waals surface area contributed by atoms with Gasteiger partial charge in [-0.15, -0.1) is 24.8 Å². The van der Waals surface area contributed by atoms with Crippen molar-refractivity contribution in [2.75, 3.05) is 26.7 Å². The standard InChI is InChI=1S/C16H23FN2O2.2ClH/c1-11-4-5-13(14(17)8-11)9-15(16(20)21-3)19-7-6-18-12(2)10-19;;/h4-5,8,12,15,18H,6-7,9-10H2,1-3H3;2*1H/t12-,15-;;/m0../s1. The maximum Gasteiger partial charge on any atom is 0.323 e. The number of carbonyl (C=O) groups excluding carboxylic acids is 1. The van der Waals surface area contributed by atoms with Crippen LogP contribution in [0.15, 0.2) is 18.2 Å². The topological polar surface area (TPSA) is 41.6 Å². The van der Waals surface area contributed by atoms with Gasteiger partial charge in [0.15, 0.2) is 0 Å². The molecule has 4 nitrogen and oxygen atoms in total. The first-order valence-corrected chi connectivity index (χ1v) is 7.31. The summed E-state index contributed by atoms with van der Waals surface area (Å²) in [5, 5.41) is 3.34. The molecule has 0 aromatic heterocycles. The number of aryl methyl sites for hydroxylation is 1. The smallest absolute Gasteiger partial charge is 0.323 e. The number of halogens is 3. The third-order valence-corrected chi connectivity index (χ3v) is 3.94. The first kappa shape index (κ1) is 22.1. The third-order valence-electron chi connectivity index (χ3n) is 3.94. The summed E-state index contributed by atoms with van der Waals surface area (Å²) in [6, 6.07) is 5.01. The number of nitrogens with one attached hydrogen (secondary N) is 1. The molecule has 23 heavy (non-hydrogen) atoms. The lowest BCUT2D eigenvalue weighted by Crippen LogP contribution is -2.55. The number of hydrogen-bond acceptors (Lipinski definition) is 4. The zero-order chi connectivity index (χ0) is 15.4. The van der Waals surface area contributed by atoms with E-state index in [4.69, 9.17) is 4.74 Å². The van der Waals surface area contributed by atoms with Crippen LogP contribution in [0.25, 0.3) is 0 Å². The molecule has 132 valence electrons. The monoisotopic (exact) mass is 366 g/mol. The minimum atomic E-state index is -0.434. The molecular formula is C16H25Cl2FN2O2. The Balaban J connectivity index is 0.00000242. The van der Waals surface area contributed by atoms with Crippen molar-refractivity contribution in [3.63, 3.8) is 0 Å². The van der Waals surface area contributed by atoms with Crippen LogP contribution in [-0.4, -0.2) is 49.7 Å². The van der Waals surface area contributed by atoms with Gasteiger partial charge in [0.1, 0.15) is 11.9 Å². The number of esters is 1. The van der Waals surface area contributed by atoms with Gasteiger partial charge in [0.25, 0.3) is 0 Å². The summed E-state index contributed by atoms with van der Waals surface area (Å²) in [6.07, 6.45) is 0.339. The zero-order valence-corrected chi connectivity index (χ0v) is 15.3. The minimum absolute atomic E-state index is 0. The predicted octanol–water partition coefficient (Wildman–Crippen LogP) is 2.36. The maximum atomic E-state index is 14.0. The predicted molar refractivity (Wildman–Crippen MR) is 94.2 cm³/mol. The third kappa shape index (κ3) is 5.92. The average molecular weight is 367 g/mol. The SMILES string of the molecule is COC(=O)[C@H](Cc1ccc(C)cc1F)N1CCN[C@@H](C)C1.Cl.Cl. The Labute approximate surface area is 149 Å². The number of benzene rings is 1. The van der Waals surface area contributed by atoms with Gasteiger partial charge in [-0.2, -0.15) is 0 Å². The number of piperazine rings is 1. The summed E-state index contributed by atoms with van der Waals surface area (Å²) < 4.78 is 19.0. The molecular weight excluding hydrogens is 342 g/mol. The Hall–Kier alpha value is -0.880. The molecule has 0 aliphatic carbocycles. The van der Waals surface area contributed by atoms with Crippen LogP contribution < -0.4 is 5.32 Å². The van der Waals surface area contributed by atoms with Gasteiger partial charge < -0.3 is 10.1 Å². The van der Waals surface area contributed by atoms with E-state index in [9.17, 15) is 9.18 Å². The largest absolute Gasteiger partial charge is 0.468 e. The lowest BCUT2D eigenvalue weighted by Gasteiger charge is -2.36. The Morgan fingerprint density at radius 2 is 2.17 bits per heavy atom. The Bertz CT molecular complexity index is 517. The van der Waals surface area contributed by atoms with Gasteiger partial charge in [0, 0.05) is 32.1 Å². The molecule has 0 amide bonds. The van der Waals surface area contributed by atoms with Gasteiger partial charge in [-0.1, -0.05) is 12.1 Å². The van der Waals surface area contributed by atoms with Gasteiger partial charge in [0.2, 0.25) is 0 Å². The fourth-order valence-corrected chi connectivity index (χ4v) is 2.77. The van der Waals surface area contributed by atoms with Gasteiger partial charge >= 0.3 is 5.97 Å². The molecule has 0 unspecified atom stereocenters. The van der Waals surface area contributed by atoms with Gasteiger partial charge in [0.05, 0.1) is 7.11 Å². The average Bonchev–Trinajstić information content (AvgIpc) is 2.45. The molecule has 1 aliphatic rings. The van der Waals surface area contributed by atoms with E-state index in [0.29, 0.717) is 18.0 Å². The van der Waals surface area contributed by atoms with Crippen LogP contribution in [0.5, 0.6) is 0 Å². The lowest BCUT2D eigenvalue weighted by atomic mass is 10.0. The molecule has 1 aromatic rings. The summed E-state index contributed by atoms with van der Waals surface area (Å²) >= 11 is 0. The quantitative estimate of drug-likeness (QED) is 0.830. The van der Waals surface area contributed by atoms with Crippen LogP contribution >= 0.6 is 24.8 Å². The van der Waals surface area contributed by atoms with Crippen LogP contribution in [0.2, 0.25) is 0 Å². The van der Waals surface area contributed by atoms with E-state index in [2.05, 4.69) is 17.1 Å². The number of ether oxygens (including phenoxy) is 1. The van der Waals surface area contributed by atoms with Gasteiger partial charge in [-0.25, -0.2) is 4.39 Å². The second-order valence-corrected chi connectivity index (χ2v) is 5.69. The van der Waals surface area contributed by atoms with Crippen molar-refractivity contribution in [1.29, 1.82) is 0 Å². The molecule has 0 spiro atoms. The molecule has 1 aliphatic heterocycles. The Kier molecular flexibility index (Phi) is 9.70. The van der Waals surface area contributed by atoms with E-state index in [1.54, 1.807) is 6.07 Å². The van der Waals surface area contributed by atoms with Crippen LogP contribution in [-0.2, 0) is 16.0 Å². The van der Waals surface area contributed by atoms with E-state index < -0.39 is 6.04 Å². The van der Waals surface area contributed by atoms with Crippen molar-refractivity contribution in [3.05, 3.63) is 35.1 Å². The van der Waals surface area contributed by atoms with Crippen molar-refractivity contribution < 1.29 is 13.9 Å². The van der Waals surface area contributed by atoms with Crippen LogP contribution in [0.4, 0.5) is 4.39 Å². The summed E-state index contributed by atoms with van der Waals surface area (Å²) in [4.78, 5) is 14.2. The molecule has 1 N–H and O–H groups in total. The molecule has 2 rings (SSSR count). The maximum absolute atomic E-state index is 14.0. The fraction of sp³-hybridized carbons (Fsp3) is 0.562. The van der Waals surface area contributed by atoms with Crippen LogP contribution in [0.1, 0.15) is 18.1 Å². The summed E-state index contributed by atoms with van der Waals surface area (Å²) in [5.41, 5.74) is 1.43. The fourth-order valence-electron chi connectivity index (χ4n) is 2.77. The lowest BCUT2D eigenvalue weighted by molar-refractivity contribution is -0.147. The normalized spacial score (nSPS) is 19.2. The summed E-state index contributed by atoms with van der Waals surface area (Å²) in [5.74, 6) is -0.559. The second kappa shape index (κ2) is 10.1. The number of methoxy groups -OCH3 is 1. The molecule has 1 fully saturated rings. The summed E-state index contributed by atoms with van der Waals surface area (Å²) in [7, 11) is 1.38. The zero-order valence-electron chi connectivity index (χ0n) is 13.7. The van der Waals surface area contributed by atoms with E-state index in [1.807, 2.05) is 13.0 Å². The van der Waals surface area contributed by atoms with Crippen LogP contribution in [0.3, 0.4) is 0 Å². The van der Waals surface area contributed by atoms with Crippen molar-refractivity contribution in [3.8, 4) is 0 Å². The second-order valence-electron chi connectivity index (χ2n) is 5.69. The molecule has 1 heterocycles. The molecule has 0 saturated carbocycles. The Morgan fingerprint density at radius 3 is 2.74 bits per heavy atom. The van der Waals surface area contributed by atoms with Gasteiger partial charge in [-0.05, 0) is 31.0 Å². The molecule has 7 heteroatoms.